The molecule has 0 atom stereocenters. The van der Waals surface area contributed by atoms with Gasteiger partial charge in [0.05, 0.1) is 12.7 Å². The molecule has 1 fully saturated rings. The van der Waals surface area contributed by atoms with Crippen molar-refractivity contribution in [1.82, 2.24) is 4.90 Å². The maximum Gasteiger partial charge on any atom is 0.0811 e. The first-order valence-electron chi connectivity index (χ1n) is 6.38. The van der Waals surface area contributed by atoms with E-state index in [2.05, 4.69) is 18.7 Å². The Kier molecular flexibility index (Phi) is 6.96. The van der Waals surface area contributed by atoms with Gasteiger partial charge in [-0.3, -0.25) is 0 Å². The average molecular weight is 230 g/mol. The molecule has 0 amide bonds. The van der Waals surface area contributed by atoms with Crippen molar-refractivity contribution in [3.05, 3.63) is 0 Å². The average Bonchev–Trinajstić information content (AvgIpc) is 2.29. The van der Waals surface area contributed by atoms with Gasteiger partial charge in [0.15, 0.2) is 0 Å². The zero-order valence-electron chi connectivity index (χ0n) is 10.7. The Balaban J connectivity index is 1.94. The molecule has 16 heavy (non-hydrogen) atoms. The van der Waals surface area contributed by atoms with Gasteiger partial charge in [0, 0.05) is 26.2 Å². The van der Waals surface area contributed by atoms with Gasteiger partial charge in [-0.25, -0.2) is 5.90 Å². The highest BCUT2D eigenvalue weighted by molar-refractivity contribution is 4.71. The van der Waals surface area contributed by atoms with Crippen LogP contribution in [0.15, 0.2) is 0 Å². The molecule has 1 aliphatic rings. The summed E-state index contributed by atoms with van der Waals surface area (Å²) >= 11 is 0. The van der Waals surface area contributed by atoms with Gasteiger partial charge in [0.25, 0.3) is 0 Å². The molecule has 0 aliphatic carbocycles. The van der Waals surface area contributed by atoms with E-state index < -0.39 is 0 Å². The van der Waals surface area contributed by atoms with Crippen LogP contribution >= 0.6 is 0 Å². The molecule has 0 saturated carbocycles. The molecule has 0 aromatic heterocycles. The van der Waals surface area contributed by atoms with Crippen LogP contribution in [0.3, 0.4) is 0 Å². The highest BCUT2D eigenvalue weighted by Gasteiger charge is 2.18. The van der Waals surface area contributed by atoms with Gasteiger partial charge < -0.3 is 14.5 Å². The summed E-state index contributed by atoms with van der Waals surface area (Å²) in [7, 11) is 0. The van der Waals surface area contributed by atoms with E-state index in [0.29, 0.717) is 0 Å². The maximum absolute atomic E-state index is 5.60. The largest absolute Gasteiger partial charge is 0.380 e. The highest BCUT2D eigenvalue weighted by Crippen LogP contribution is 2.11. The summed E-state index contributed by atoms with van der Waals surface area (Å²) in [5.74, 6) is 5.91. The molecular weight excluding hydrogens is 204 g/mol. The van der Waals surface area contributed by atoms with Crippen molar-refractivity contribution < 1.29 is 9.57 Å². The van der Waals surface area contributed by atoms with Gasteiger partial charge in [0.1, 0.15) is 0 Å². The molecule has 4 nitrogen and oxygen atoms in total. The molecular formula is C12H26N2O2. The van der Waals surface area contributed by atoms with Gasteiger partial charge in [-0.1, -0.05) is 13.8 Å². The van der Waals surface area contributed by atoms with E-state index in [9.17, 15) is 0 Å². The third-order valence-corrected chi connectivity index (χ3v) is 3.12. The molecule has 0 spiro atoms. The number of nitrogens with two attached hydrogens (primary N) is 1. The Morgan fingerprint density at radius 1 is 1.25 bits per heavy atom. The molecule has 1 heterocycles. The third kappa shape index (κ3) is 5.80. The lowest BCUT2D eigenvalue weighted by Gasteiger charge is -2.30. The molecule has 1 aliphatic heterocycles. The number of nitrogens with zero attached hydrogens (tertiary/aromatic N) is 1. The number of rotatable bonds is 7. The van der Waals surface area contributed by atoms with E-state index in [4.69, 9.17) is 15.5 Å². The summed E-state index contributed by atoms with van der Waals surface area (Å²) < 4.78 is 5.60. The van der Waals surface area contributed by atoms with E-state index >= 15 is 0 Å². The number of hydrogen-bond donors (Lipinski definition) is 1. The van der Waals surface area contributed by atoms with Crippen molar-refractivity contribution in [3.63, 3.8) is 0 Å². The third-order valence-electron chi connectivity index (χ3n) is 3.12. The highest BCUT2D eigenvalue weighted by atomic mass is 16.6. The fourth-order valence-corrected chi connectivity index (χ4v) is 1.88. The molecule has 4 heteroatoms. The number of ether oxygens (including phenoxy) is 1. The summed E-state index contributed by atoms with van der Waals surface area (Å²) in [4.78, 5) is 7.27. The van der Waals surface area contributed by atoms with Crippen LogP contribution in [-0.2, 0) is 9.57 Å². The summed E-state index contributed by atoms with van der Waals surface area (Å²) in [5.41, 5.74) is 0. The lowest BCUT2D eigenvalue weighted by molar-refractivity contribution is -0.000299. The zero-order chi connectivity index (χ0) is 11.8. The number of hydrogen-bond acceptors (Lipinski definition) is 4. The van der Waals surface area contributed by atoms with Crippen LogP contribution in [0.2, 0.25) is 0 Å². The predicted octanol–water partition coefficient (Wildman–Crippen LogP) is 1.40. The summed E-state index contributed by atoms with van der Waals surface area (Å²) in [5, 5.41) is 0. The Labute approximate surface area is 99.0 Å². The standard InChI is InChI=1S/C12H26N2O2/c1-11(2)5-9-15-10-8-14-6-3-12(16-13)4-7-14/h11-12H,3-10,13H2,1-2H3. The van der Waals surface area contributed by atoms with Gasteiger partial charge in [-0.15, -0.1) is 0 Å². The second-order valence-electron chi connectivity index (χ2n) is 4.97. The molecule has 2 N–H and O–H groups in total. The minimum absolute atomic E-state index is 0.262. The summed E-state index contributed by atoms with van der Waals surface area (Å²) in [6.07, 6.45) is 3.51. The van der Waals surface area contributed by atoms with Crippen molar-refractivity contribution in [3.8, 4) is 0 Å². The lowest BCUT2D eigenvalue weighted by Crippen LogP contribution is -2.39. The van der Waals surface area contributed by atoms with Gasteiger partial charge >= 0.3 is 0 Å². The quantitative estimate of drug-likeness (QED) is 0.530. The molecule has 0 radical (unpaired) electrons. The second-order valence-corrected chi connectivity index (χ2v) is 4.97. The predicted molar refractivity (Wildman–Crippen MR) is 65.0 cm³/mol. The van der Waals surface area contributed by atoms with Crippen LogP contribution in [0.25, 0.3) is 0 Å². The molecule has 0 unspecified atom stereocenters. The Morgan fingerprint density at radius 3 is 2.50 bits per heavy atom. The molecule has 0 aromatic rings. The summed E-state index contributed by atoms with van der Waals surface area (Å²) in [6, 6.07) is 0. The normalized spacial score (nSPS) is 19.5. The SMILES string of the molecule is CC(C)CCOCCN1CCC(ON)CC1. The molecule has 0 bridgehead atoms. The lowest BCUT2D eigenvalue weighted by atomic mass is 10.1. The summed E-state index contributed by atoms with van der Waals surface area (Å²) in [6.45, 7) is 9.38. The first-order chi connectivity index (χ1) is 7.72. The van der Waals surface area contributed by atoms with Gasteiger partial charge in [-0.05, 0) is 25.2 Å². The van der Waals surface area contributed by atoms with Crippen molar-refractivity contribution in [2.45, 2.75) is 39.2 Å². The van der Waals surface area contributed by atoms with Crippen molar-refractivity contribution >= 4 is 0 Å². The second kappa shape index (κ2) is 8.01. The van der Waals surface area contributed by atoms with Crippen LogP contribution in [0, 0.1) is 5.92 Å². The van der Waals surface area contributed by atoms with Gasteiger partial charge in [-0.2, -0.15) is 0 Å². The molecule has 96 valence electrons. The fraction of sp³-hybridized carbons (Fsp3) is 1.00. The minimum Gasteiger partial charge on any atom is -0.380 e. The minimum atomic E-state index is 0.262. The van der Waals surface area contributed by atoms with E-state index in [0.717, 1.165) is 58.0 Å². The first kappa shape index (κ1) is 13.9. The molecule has 1 rings (SSSR count). The van der Waals surface area contributed by atoms with Crippen molar-refractivity contribution in [2.75, 3.05) is 32.8 Å². The Bertz CT molecular complexity index is 168. The van der Waals surface area contributed by atoms with E-state index in [1.165, 1.54) is 0 Å². The van der Waals surface area contributed by atoms with Crippen molar-refractivity contribution in [1.29, 1.82) is 0 Å². The first-order valence-corrected chi connectivity index (χ1v) is 6.38. The van der Waals surface area contributed by atoms with E-state index in [1.807, 2.05) is 0 Å². The van der Waals surface area contributed by atoms with Crippen LogP contribution < -0.4 is 5.90 Å². The fourth-order valence-electron chi connectivity index (χ4n) is 1.88. The van der Waals surface area contributed by atoms with Crippen LogP contribution in [0.4, 0.5) is 0 Å². The maximum atomic E-state index is 5.60. The monoisotopic (exact) mass is 230 g/mol. The van der Waals surface area contributed by atoms with E-state index in [1.54, 1.807) is 0 Å². The number of likely N-dealkylation sites (tertiary alicyclic amines) is 1. The van der Waals surface area contributed by atoms with Gasteiger partial charge in [0.2, 0.25) is 0 Å². The Hall–Kier alpha value is -0.160. The Morgan fingerprint density at radius 2 is 1.94 bits per heavy atom. The topological polar surface area (TPSA) is 47.7 Å². The smallest absolute Gasteiger partial charge is 0.0811 e. The molecule has 1 saturated heterocycles. The van der Waals surface area contributed by atoms with Crippen molar-refractivity contribution in [2.24, 2.45) is 11.8 Å². The van der Waals surface area contributed by atoms with Crippen LogP contribution in [-0.4, -0.2) is 43.9 Å². The zero-order valence-corrected chi connectivity index (χ0v) is 10.7. The van der Waals surface area contributed by atoms with Crippen LogP contribution in [0.1, 0.15) is 33.1 Å². The van der Waals surface area contributed by atoms with E-state index in [-0.39, 0.29) is 6.10 Å². The molecule has 0 aromatic carbocycles. The van der Waals surface area contributed by atoms with Crippen LogP contribution in [0.5, 0.6) is 0 Å². The number of piperidine rings is 1.